The molecule has 0 aliphatic carbocycles. The minimum absolute atomic E-state index is 0.0620. The first-order chi connectivity index (χ1) is 11.9. The highest BCUT2D eigenvalue weighted by atomic mass is 35.5. The minimum Gasteiger partial charge on any atom is -0.494 e. The first-order valence-electron chi connectivity index (χ1n) is 7.84. The smallest absolute Gasteiger partial charge is 0.343 e. The summed E-state index contributed by atoms with van der Waals surface area (Å²) >= 11 is 5.79. The lowest BCUT2D eigenvalue weighted by Gasteiger charge is -2.10. The number of aromatic carboxylic acids is 1. The van der Waals surface area contributed by atoms with Crippen LogP contribution in [0, 0.1) is 5.92 Å². The second kappa shape index (κ2) is 8.53. The monoisotopic (exact) mass is 362 g/mol. The van der Waals surface area contributed by atoms with E-state index in [0.717, 1.165) is 6.42 Å². The number of hydrogen-bond acceptors (Lipinski definition) is 4. The predicted molar refractivity (Wildman–Crippen MR) is 94.8 cm³/mol. The van der Waals surface area contributed by atoms with E-state index in [2.05, 4.69) is 13.8 Å². The van der Waals surface area contributed by atoms with E-state index in [4.69, 9.17) is 21.1 Å². The van der Waals surface area contributed by atoms with E-state index in [0.29, 0.717) is 18.3 Å². The molecule has 5 nitrogen and oxygen atoms in total. The lowest BCUT2D eigenvalue weighted by Crippen LogP contribution is -2.12. The van der Waals surface area contributed by atoms with Crippen molar-refractivity contribution in [1.29, 1.82) is 0 Å². The summed E-state index contributed by atoms with van der Waals surface area (Å²) in [4.78, 5) is 23.6. The van der Waals surface area contributed by atoms with Crippen molar-refractivity contribution in [3.63, 3.8) is 0 Å². The van der Waals surface area contributed by atoms with Crippen LogP contribution >= 0.6 is 11.6 Å². The number of benzene rings is 2. The summed E-state index contributed by atoms with van der Waals surface area (Å²) in [7, 11) is 0. The van der Waals surface area contributed by atoms with Gasteiger partial charge >= 0.3 is 11.9 Å². The van der Waals surface area contributed by atoms with E-state index in [-0.39, 0.29) is 21.9 Å². The molecular formula is C19H19ClO5. The summed E-state index contributed by atoms with van der Waals surface area (Å²) in [5, 5.41) is 9.44. The molecule has 0 aliphatic heterocycles. The molecule has 0 aliphatic rings. The quantitative estimate of drug-likeness (QED) is 0.571. The minimum atomic E-state index is -1.23. The van der Waals surface area contributed by atoms with Crippen molar-refractivity contribution >= 4 is 23.5 Å². The largest absolute Gasteiger partial charge is 0.494 e. The molecular weight excluding hydrogens is 344 g/mol. The number of halogens is 1. The van der Waals surface area contributed by atoms with Gasteiger partial charge in [-0.05, 0) is 48.7 Å². The van der Waals surface area contributed by atoms with Gasteiger partial charge in [0.25, 0.3) is 0 Å². The van der Waals surface area contributed by atoms with Gasteiger partial charge in [-0.2, -0.15) is 0 Å². The Hall–Kier alpha value is -2.53. The molecule has 0 amide bonds. The Bertz CT molecular complexity index is 770. The van der Waals surface area contributed by atoms with E-state index in [1.165, 1.54) is 18.2 Å². The fourth-order valence-corrected chi connectivity index (χ4v) is 2.21. The lowest BCUT2D eigenvalue weighted by atomic mass is 10.1. The van der Waals surface area contributed by atoms with Crippen LogP contribution in [0.2, 0.25) is 5.02 Å². The summed E-state index contributed by atoms with van der Waals surface area (Å²) in [6.45, 7) is 4.75. The molecule has 132 valence electrons. The van der Waals surface area contributed by atoms with Crippen LogP contribution in [0.25, 0.3) is 0 Å². The van der Waals surface area contributed by atoms with Crippen LogP contribution in [0.3, 0.4) is 0 Å². The fraction of sp³-hybridized carbons (Fsp3) is 0.263. The molecule has 0 atom stereocenters. The topological polar surface area (TPSA) is 72.8 Å². The number of carboxylic acid groups (broad SMARTS) is 1. The molecule has 0 unspecified atom stereocenters. The molecule has 0 bridgehead atoms. The van der Waals surface area contributed by atoms with Crippen LogP contribution in [-0.2, 0) is 0 Å². The van der Waals surface area contributed by atoms with Gasteiger partial charge in [-0.15, -0.1) is 0 Å². The summed E-state index contributed by atoms with van der Waals surface area (Å²) in [6, 6.07) is 10.6. The Morgan fingerprint density at radius 2 is 1.92 bits per heavy atom. The molecule has 0 spiro atoms. The number of hydrogen-bond donors (Lipinski definition) is 1. The van der Waals surface area contributed by atoms with E-state index in [1.807, 2.05) is 0 Å². The van der Waals surface area contributed by atoms with Crippen molar-refractivity contribution in [3.8, 4) is 11.5 Å². The normalized spacial score (nSPS) is 10.6. The highest BCUT2D eigenvalue weighted by molar-refractivity contribution is 6.31. The van der Waals surface area contributed by atoms with Crippen LogP contribution in [0.5, 0.6) is 11.5 Å². The van der Waals surface area contributed by atoms with E-state index >= 15 is 0 Å². The molecule has 0 radical (unpaired) electrons. The summed E-state index contributed by atoms with van der Waals surface area (Å²) in [6.07, 6.45) is 0.904. The molecule has 6 heteroatoms. The maximum atomic E-state index is 12.3. The number of esters is 1. The maximum absolute atomic E-state index is 12.3. The second-order valence-corrected chi connectivity index (χ2v) is 6.33. The molecule has 1 N–H and O–H groups in total. The molecule has 0 fully saturated rings. The number of ether oxygens (including phenoxy) is 2. The summed E-state index contributed by atoms with van der Waals surface area (Å²) in [5.41, 5.74) is 0.0959. The van der Waals surface area contributed by atoms with Crippen molar-refractivity contribution in [2.45, 2.75) is 20.3 Å². The Balaban J connectivity index is 2.12. The van der Waals surface area contributed by atoms with Gasteiger partial charge in [0.2, 0.25) is 0 Å². The van der Waals surface area contributed by atoms with E-state index < -0.39 is 11.9 Å². The zero-order chi connectivity index (χ0) is 18.4. The number of carbonyl (C=O) groups is 2. The highest BCUT2D eigenvalue weighted by Gasteiger charge is 2.17. The third-order valence-electron chi connectivity index (χ3n) is 3.41. The second-order valence-electron chi connectivity index (χ2n) is 5.89. The van der Waals surface area contributed by atoms with Crippen molar-refractivity contribution in [1.82, 2.24) is 0 Å². The molecule has 0 aromatic heterocycles. The third-order valence-corrected chi connectivity index (χ3v) is 3.64. The zero-order valence-corrected chi connectivity index (χ0v) is 14.7. The van der Waals surface area contributed by atoms with Gasteiger partial charge in [-0.1, -0.05) is 31.5 Å². The third kappa shape index (κ3) is 5.50. The predicted octanol–water partition coefficient (Wildman–Crippen LogP) is 4.68. The fourth-order valence-electron chi connectivity index (χ4n) is 2.04. The molecule has 2 aromatic rings. The first-order valence-corrected chi connectivity index (χ1v) is 8.22. The van der Waals surface area contributed by atoms with Crippen LogP contribution in [0.4, 0.5) is 0 Å². The number of carboxylic acids is 1. The number of rotatable bonds is 7. The van der Waals surface area contributed by atoms with Crippen LogP contribution in [0.1, 0.15) is 41.0 Å². The van der Waals surface area contributed by atoms with Crippen LogP contribution in [-0.4, -0.2) is 23.7 Å². The molecule has 0 heterocycles. The van der Waals surface area contributed by atoms with Crippen LogP contribution in [0.15, 0.2) is 42.5 Å². The van der Waals surface area contributed by atoms with E-state index in [9.17, 15) is 14.7 Å². The molecule has 2 rings (SSSR count). The van der Waals surface area contributed by atoms with Gasteiger partial charge < -0.3 is 14.6 Å². The molecule has 0 saturated heterocycles. The lowest BCUT2D eigenvalue weighted by molar-refractivity contribution is 0.0681. The zero-order valence-electron chi connectivity index (χ0n) is 14.0. The van der Waals surface area contributed by atoms with Gasteiger partial charge in [0.15, 0.2) is 0 Å². The standard InChI is InChI=1S/C19H19ClO5/c1-12(2)8-9-24-15-5-3-4-13(10-15)19(23)25-17-7-6-14(20)11-16(17)18(21)22/h3-7,10-12H,8-9H2,1-2H3,(H,21,22). The van der Waals surface area contributed by atoms with Crippen molar-refractivity contribution in [2.24, 2.45) is 5.92 Å². The Labute approximate surface area is 151 Å². The summed E-state index contributed by atoms with van der Waals surface area (Å²) in [5.74, 6) is -0.875. The molecule has 0 saturated carbocycles. The van der Waals surface area contributed by atoms with Crippen molar-refractivity contribution in [2.75, 3.05) is 6.61 Å². The first kappa shape index (κ1) is 18.8. The summed E-state index contributed by atoms with van der Waals surface area (Å²) < 4.78 is 10.8. The van der Waals surface area contributed by atoms with Gasteiger partial charge in [0.1, 0.15) is 17.1 Å². The maximum Gasteiger partial charge on any atom is 0.343 e. The highest BCUT2D eigenvalue weighted by Crippen LogP contribution is 2.24. The SMILES string of the molecule is CC(C)CCOc1cccc(C(=O)Oc2ccc(Cl)cc2C(=O)O)c1. The Kier molecular flexibility index (Phi) is 6.42. The van der Waals surface area contributed by atoms with Crippen molar-refractivity contribution in [3.05, 3.63) is 58.6 Å². The molecule has 25 heavy (non-hydrogen) atoms. The van der Waals surface area contributed by atoms with Gasteiger partial charge in [-0.25, -0.2) is 9.59 Å². The van der Waals surface area contributed by atoms with Gasteiger partial charge in [0, 0.05) is 5.02 Å². The number of carbonyl (C=O) groups excluding carboxylic acids is 1. The average Bonchev–Trinajstić information content (AvgIpc) is 2.56. The van der Waals surface area contributed by atoms with Crippen LogP contribution < -0.4 is 9.47 Å². The Morgan fingerprint density at radius 1 is 1.16 bits per heavy atom. The average molecular weight is 363 g/mol. The van der Waals surface area contributed by atoms with Crippen molar-refractivity contribution < 1.29 is 24.2 Å². The van der Waals surface area contributed by atoms with Gasteiger partial charge in [0.05, 0.1) is 12.2 Å². The Morgan fingerprint density at radius 3 is 2.60 bits per heavy atom. The molecule has 2 aromatic carbocycles. The van der Waals surface area contributed by atoms with E-state index in [1.54, 1.807) is 24.3 Å². The van der Waals surface area contributed by atoms with Gasteiger partial charge in [-0.3, -0.25) is 0 Å².